The predicted molar refractivity (Wildman–Crippen MR) is 57.1 cm³/mol. The summed E-state index contributed by atoms with van der Waals surface area (Å²) in [6.07, 6.45) is 4.37. The standard InChI is InChI=1S/C12H13FN2/c1-10-14-7-9-15(10)8-6-11-4-2-3-5-12(11)13/h2-5,7,9H,6,8H2,1H3. The van der Waals surface area contributed by atoms with Gasteiger partial charge in [-0.2, -0.15) is 0 Å². The minimum absolute atomic E-state index is 0.129. The summed E-state index contributed by atoms with van der Waals surface area (Å²) in [4.78, 5) is 4.12. The fourth-order valence-corrected chi connectivity index (χ4v) is 1.58. The second-order valence-electron chi connectivity index (χ2n) is 3.51. The second kappa shape index (κ2) is 4.26. The number of nitrogens with zero attached hydrogens (tertiary/aromatic N) is 2. The van der Waals surface area contributed by atoms with Gasteiger partial charge in [0.25, 0.3) is 0 Å². The number of aryl methyl sites for hydroxylation is 3. The van der Waals surface area contributed by atoms with Crippen LogP contribution in [-0.2, 0) is 13.0 Å². The molecule has 0 atom stereocenters. The third-order valence-electron chi connectivity index (χ3n) is 2.50. The van der Waals surface area contributed by atoms with E-state index in [0.29, 0.717) is 6.42 Å². The first-order chi connectivity index (χ1) is 7.27. The van der Waals surface area contributed by atoms with Crippen molar-refractivity contribution in [3.8, 4) is 0 Å². The summed E-state index contributed by atoms with van der Waals surface area (Å²) in [5.74, 6) is 0.835. The van der Waals surface area contributed by atoms with Crippen LogP contribution in [0.2, 0.25) is 0 Å². The molecule has 3 heteroatoms. The van der Waals surface area contributed by atoms with Gasteiger partial charge in [-0.05, 0) is 25.0 Å². The number of hydrogen-bond donors (Lipinski definition) is 0. The smallest absolute Gasteiger partial charge is 0.126 e. The molecule has 0 N–H and O–H groups in total. The molecule has 0 bridgehead atoms. The highest BCUT2D eigenvalue weighted by atomic mass is 19.1. The predicted octanol–water partition coefficient (Wildman–Crippen LogP) is 2.57. The van der Waals surface area contributed by atoms with Gasteiger partial charge >= 0.3 is 0 Å². The van der Waals surface area contributed by atoms with E-state index < -0.39 is 0 Å². The molecular weight excluding hydrogens is 191 g/mol. The van der Waals surface area contributed by atoms with Gasteiger partial charge in [-0.25, -0.2) is 9.37 Å². The molecular formula is C12H13FN2. The topological polar surface area (TPSA) is 17.8 Å². The molecule has 0 radical (unpaired) electrons. The fraction of sp³-hybridized carbons (Fsp3) is 0.250. The Hall–Kier alpha value is -1.64. The van der Waals surface area contributed by atoms with E-state index in [1.165, 1.54) is 6.07 Å². The molecule has 0 aliphatic rings. The van der Waals surface area contributed by atoms with Crippen molar-refractivity contribution < 1.29 is 4.39 Å². The van der Waals surface area contributed by atoms with Gasteiger partial charge in [0.15, 0.2) is 0 Å². The maximum atomic E-state index is 13.3. The molecule has 1 heterocycles. The summed E-state index contributed by atoms with van der Waals surface area (Å²) in [6, 6.07) is 6.89. The van der Waals surface area contributed by atoms with Crippen molar-refractivity contribution in [1.82, 2.24) is 9.55 Å². The summed E-state index contributed by atoms with van der Waals surface area (Å²) in [5, 5.41) is 0. The molecule has 15 heavy (non-hydrogen) atoms. The number of halogens is 1. The average molecular weight is 204 g/mol. The van der Waals surface area contributed by atoms with Gasteiger partial charge in [-0.15, -0.1) is 0 Å². The van der Waals surface area contributed by atoms with Crippen LogP contribution in [0, 0.1) is 12.7 Å². The van der Waals surface area contributed by atoms with Gasteiger partial charge in [0.1, 0.15) is 11.6 Å². The molecule has 78 valence electrons. The molecule has 0 saturated carbocycles. The van der Waals surface area contributed by atoms with Crippen LogP contribution in [0.1, 0.15) is 11.4 Å². The molecule has 0 spiro atoms. The Kier molecular flexibility index (Phi) is 2.81. The third-order valence-corrected chi connectivity index (χ3v) is 2.50. The van der Waals surface area contributed by atoms with Gasteiger partial charge in [-0.1, -0.05) is 18.2 Å². The van der Waals surface area contributed by atoms with Crippen molar-refractivity contribution in [3.63, 3.8) is 0 Å². The van der Waals surface area contributed by atoms with Crippen molar-refractivity contribution in [1.29, 1.82) is 0 Å². The van der Waals surface area contributed by atoms with Gasteiger partial charge in [0.05, 0.1) is 0 Å². The first-order valence-electron chi connectivity index (χ1n) is 4.98. The molecule has 1 aromatic heterocycles. The zero-order valence-corrected chi connectivity index (χ0v) is 8.65. The quantitative estimate of drug-likeness (QED) is 0.751. The van der Waals surface area contributed by atoms with Crippen molar-refractivity contribution in [2.45, 2.75) is 19.9 Å². The third kappa shape index (κ3) is 2.24. The first-order valence-corrected chi connectivity index (χ1v) is 4.98. The van der Waals surface area contributed by atoms with E-state index in [4.69, 9.17) is 0 Å². The highest BCUT2D eigenvalue weighted by Crippen LogP contribution is 2.08. The second-order valence-corrected chi connectivity index (χ2v) is 3.51. The molecule has 2 rings (SSSR count). The van der Waals surface area contributed by atoms with Gasteiger partial charge in [0, 0.05) is 18.9 Å². The van der Waals surface area contributed by atoms with Crippen LogP contribution in [0.4, 0.5) is 4.39 Å². The Bertz CT molecular complexity index is 448. The lowest BCUT2D eigenvalue weighted by Crippen LogP contribution is -2.03. The number of benzene rings is 1. The molecule has 0 fully saturated rings. The molecule has 0 aliphatic heterocycles. The van der Waals surface area contributed by atoms with Gasteiger partial charge < -0.3 is 4.57 Å². The van der Waals surface area contributed by atoms with Crippen molar-refractivity contribution in [2.24, 2.45) is 0 Å². The van der Waals surface area contributed by atoms with E-state index in [1.807, 2.05) is 29.8 Å². The van der Waals surface area contributed by atoms with E-state index in [2.05, 4.69) is 4.98 Å². The Balaban J connectivity index is 2.06. The van der Waals surface area contributed by atoms with Crippen LogP contribution >= 0.6 is 0 Å². The monoisotopic (exact) mass is 204 g/mol. The Morgan fingerprint density at radius 3 is 2.80 bits per heavy atom. The Morgan fingerprint density at radius 1 is 1.33 bits per heavy atom. The maximum absolute atomic E-state index is 13.3. The van der Waals surface area contributed by atoms with E-state index in [1.54, 1.807) is 12.3 Å². The van der Waals surface area contributed by atoms with Crippen LogP contribution in [0.3, 0.4) is 0 Å². The van der Waals surface area contributed by atoms with E-state index in [-0.39, 0.29) is 5.82 Å². The molecule has 0 unspecified atom stereocenters. The van der Waals surface area contributed by atoms with E-state index in [9.17, 15) is 4.39 Å². The first kappa shape index (κ1) is 9.90. The summed E-state index contributed by atoms with van der Waals surface area (Å²) in [6.45, 7) is 2.72. The molecule has 0 aliphatic carbocycles. The number of aromatic nitrogens is 2. The molecule has 0 amide bonds. The lowest BCUT2D eigenvalue weighted by molar-refractivity contribution is 0.590. The van der Waals surface area contributed by atoms with Crippen molar-refractivity contribution in [3.05, 3.63) is 53.9 Å². The normalized spacial score (nSPS) is 10.5. The van der Waals surface area contributed by atoms with Gasteiger partial charge in [0.2, 0.25) is 0 Å². The van der Waals surface area contributed by atoms with Crippen molar-refractivity contribution in [2.75, 3.05) is 0 Å². The minimum atomic E-state index is -0.129. The summed E-state index contributed by atoms with van der Waals surface area (Å²) in [7, 11) is 0. The van der Waals surface area contributed by atoms with Gasteiger partial charge in [-0.3, -0.25) is 0 Å². The zero-order chi connectivity index (χ0) is 10.7. The Labute approximate surface area is 88.4 Å². The van der Waals surface area contributed by atoms with Crippen LogP contribution in [0.5, 0.6) is 0 Å². The fourth-order valence-electron chi connectivity index (χ4n) is 1.58. The average Bonchev–Trinajstić information content (AvgIpc) is 2.63. The molecule has 2 aromatic rings. The molecule has 2 nitrogen and oxygen atoms in total. The zero-order valence-electron chi connectivity index (χ0n) is 8.65. The SMILES string of the molecule is Cc1nccn1CCc1ccccc1F. The van der Waals surface area contributed by atoms with Crippen LogP contribution in [0.25, 0.3) is 0 Å². The van der Waals surface area contributed by atoms with Crippen molar-refractivity contribution >= 4 is 0 Å². The van der Waals surface area contributed by atoms with Crippen LogP contribution < -0.4 is 0 Å². The number of rotatable bonds is 3. The highest BCUT2D eigenvalue weighted by molar-refractivity contribution is 5.17. The number of imidazole rings is 1. The number of hydrogen-bond acceptors (Lipinski definition) is 1. The molecule has 1 aromatic carbocycles. The van der Waals surface area contributed by atoms with Crippen LogP contribution in [-0.4, -0.2) is 9.55 Å². The summed E-state index contributed by atoms with van der Waals surface area (Å²) < 4.78 is 15.3. The maximum Gasteiger partial charge on any atom is 0.126 e. The largest absolute Gasteiger partial charge is 0.335 e. The Morgan fingerprint density at radius 2 is 2.13 bits per heavy atom. The lowest BCUT2D eigenvalue weighted by Gasteiger charge is -2.05. The van der Waals surface area contributed by atoms with Crippen LogP contribution in [0.15, 0.2) is 36.7 Å². The minimum Gasteiger partial charge on any atom is -0.335 e. The lowest BCUT2D eigenvalue weighted by atomic mass is 10.1. The highest BCUT2D eigenvalue weighted by Gasteiger charge is 2.01. The summed E-state index contributed by atoms with van der Waals surface area (Å²) in [5.41, 5.74) is 0.755. The molecule has 0 saturated heterocycles. The summed E-state index contributed by atoms with van der Waals surface area (Å²) >= 11 is 0. The van der Waals surface area contributed by atoms with E-state index in [0.717, 1.165) is 17.9 Å². The van der Waals surface area contributed by atoms with E-state index >= 15 is 0 Å².